The second-order valence-electron chi connectivity index (χ2n) is 9.87. The molecule has 6 aromatic rings. The first kappa shape index (κ1) is 25.4. The van der Waals surface area contributed by atoms with E-state index in [-0.39, 0.29) is 11.6 Å². The zero-order valence-corrected chi connectivity index (χ0v) is 22.1. The van der Waals surface area contributed by atoms with Gasteiger partial charge < -0.3 is 9.64 Å². The van der Waals surface area contributed by atoms with Gasteiger partial charge in [-0.05, 0) is 72.1 Å². The number of fused-ring (bicyclic) bond motifs is 3. The minimum Gasteiger partial charge on any atom is -0.439 e. The van der Waals surface area contributed by atoms with Crippen molar-refractivity contribution in [2.75, 3.05) is 19.0 Å². The molecule has 3 aromatic carbocycles. The van der Waals surface area contributed by atoms with Gasteiger partial charge in [-0.15, -0.1) is 0 Å². The second kappa shape index (κ2) is 9.72. The van der Waals surface area contributed by atoms with Gasteiger partial charge in [-0.2, -0.15) is 13.2 Å². The maximum atomic E-state index is 14.0. The molecule has 40 heavy (non-hydrogen) atoms. The van der Waals surface area contributed by atoms with Gasteiger partial charge in [0.25, 0.3) is 0 Å². The highest BCUT2D eigenvalue weighted by Crippen LogP contribution is 2.39. The molecule has 0 fully saturated rings. The van der Waals surface area contributed by atoms with Crippen molar-refractivity contribution in [3.63, 3.8) is 0 Å². The fourth-order valence-electron chi connectivity index (χ4n) is 4.88. The normalized spacial score (nSPS) is 11.8. The lowest BCUT2D eigenvalue weighted by molar-refractivity contribution is -0.137. The Balaban J connectivity index is 1.53. The Labute approximate surface area is 229 Å². The first-order chi connectivity index (χ1) is 19.2. The number of rotatable bonds is 5. The summed E-state index contributed by atoms with van der Waals surface area (Å²) in [6.07, 6.45) is -1.24. The number of para-hydroxylation sites is 1. The topological polar surface area (TPSA) is 43.2 Å². The predicted octanol–water partition coefficient (Wildman–Crippen LogP) is 8.43. The Hall–Kier alpha value is -4.85. The zero-order valence-electron chi connectivity index (χ0n) is 22.1. The third-order valence-corrected chi connectivity index (χ3v) is 6.83. The number of alkyl halides is 3. The Morgan fingerprint density at radius 2 is 1.52 bits per heavy atom. The van der Waals surface area contributed by atoms with E-state index in [1.807, 2.05) is 85.1 Å². The number of hydrogen-bond donors (Lipinski definition) is 0. The highest BCUT2D eigenvalue weighted by atomic mass is 19.4. The molecule has 0 bridgehead atoms. The molecule has 0 aliphatic carbocycles. The smallest absolute Gasteiger partial charge is 0.416 e. The summed E-state index contributed by atoms with van der Waals surface area (Å²) in [6, 6.07) is 24.8. The fraction of sp³-hybridized carbons (Fsp3) is 0.125. The van der Waals surface area contributed by atoms with Crippen LogP contribution in [0.1, 0.15) is 11.1 Å². The number of aromatic nitrogens is 3. The van der Waals surface area contributed by atoms with Crippen molar-refractivity contribution in [3.8, 4) is 28.6 Å². The number of nitrogens with zero attached hydrogens (tertiary/aromatic N) is 4. The van der Waals surface area contributed by atoms with Gasteiger partial charge in [-0.25, -0.2) is 9.97 Å². The molecule has 200 valence electrons. The lowest BCUT2D eigenvalue weighted by Gasteiger charge is -2.15. The summed E-state index contributed by atoms with van der Waals surface area (Å²) in [5.41, 5.74) is 3.88. The summed E-state index contributed by atoms with van der Waals surface area (Å²) in [5.74, 6) is 0.995. The molecular formula is C32H25F3N4O. The van der Waals surface area contributed by atoms with Crippen molar-refractivity contribution in [2.45, 2.75) is 13.1 Å². The largest absolute Gasteiger partial charge is 0.439 e. The van der Waals surface area contributed by atoms with E-state index in [0.717, 1.165) is 51.0 Å². The molecule has 6 rings (SSSR count). The molecule has 0 aliphatic heterocycles. The highest BCUT2D eigenvalue weighted by molar-refractivity contribution is 6.10. The number of pyridine rings is 2. The molecule has 0 N–H and O–H groups in total. The zero-order chi connectivity index (χ0) is 28.0. The Kier molecular flexibility index (Phi) is 6.18. The van der Waals surface area contributed by atoms with Gasteiger partial charge in [0.1, 0.15) is 11.6 Å². The summed E-state index contributed by atoms with van der Waals surface area (Å²) >= 11 is 0. The van der Waals surface area contributed by atoms with E-state index in [1.54, 1.807) is 30.6 Å². The van der Waals surface area contributed by atoms with Crippen LogP contribution in [0.5, 0.6) is 11.6 Å². The lowest BCUT2D eigenvalue weighted by Crippen LogP contribution is -2.08. The van der Waals surface area contributed by atoms with Crippen LogP contribution in [0.4, 0.5) is 18.9 Å². The van der Waals surface area contributed by atoms with E-state index in [4.69, 9.17) is 4.74 Å². The van der Waals surface area contributed by atoms with Crippen molar-refractivity contribution in [3.05, 3.63) is 108 Å². The van der Waals surface area contributed by atoms with Crippen LogP contribution in [0.3, 0.4) is 0 Å². The minimum absolute atomic E-state index is 0.0502. The lowest BCUT2D eigenvalue weighted by atomic mass is 10.0. The average Bonchev–Trinajstić information content (AvgIpc) is 3.26. The Morgan fingerprint density at radius 1 is 0.750 bits per heavy atom. The summed E-state index contributed by atoms with van der Waals surface area (Å²) < 4.78 is 49.9. The predicted molar refractivity (Wildman–Crippen MR) is 152 cm³/mol. The van der Waals surface area contributed by atoms with Crippen molar-refractivity contribution in [1.82, 2.24) is 14.5 Å². The molecule has 0 unspecified atom stereocenters. The molecule has 5 nitrogen and oxygen atoms in total. The molecule has 8 heteroatoms. The van der Waals surface area contributed by atoms with Gasteiger partial charge in [0.15, 0.2) is 0 Å². The second-order valence-corrected chi connectivity index (χ2v) is 9.87. The van der Waals surface area contributed by atoms with E-state index in [0.29, 0.717) is 11.1 Å². The van der Waals surface area contributed by atoms with Gasteiger partial charge in [-0.1, -0.05) is 30.3 Å². The van der Waals surface area contributed by atoms with E-state index < -0.39 is 11.7 Å². The standard InChI is InChI=1S/C32H25F3N4O/c1-20-10-12-36-30(14-20)39-28-7-5-4-6-26(28)27-9-8-21(17-29(27)39)22-15-23(32(33,34)35)18-25(16-22)40-31-19-24(38(2)3)11-13-37-31/h4-19H,1-3H3. The van der Waals surface area contributed by atoms with Crippen molar-refractivity contribution in [1.29, 1.82) is 0 Å². The Morgan fingerprint density at radius 3 is 2.30 bits per heavy atom. The van der Waals surface area contributed by atoms with Gasteiger partial charge in [0, 0.05) is 49.0 Å². The van der Waals surface area contributed by atoms with Crippen LogP contribution in [0, 0.1) is 6.92 Å². The van der Waals surface area contributed by atoms with E-state index in [1.165, 1.54) is 0 Å². The van der Waals surface area contributed by atoms with Crippen LogP contribution in [-0.2, 0) is 6.18 Å². The molecule has 0 aliphatic rings. The van der Waals surface area contributed by atoms with Crippen LogP contribution in [-0.4, -0.2) is 28.6 Å². The number of ether oxygens (including phenoxy) is 1. The van der Waals surface area contributed by atoms with Crippen LogP contribution in [0.2, 0.25) is 0 Å². The van der Waals surface area contributed by atoms with Crippen molar-refractivity contribution in [2.24, 2.45) is 0 Å². The summed E-state index contributed by atoms with van der Waals surface area (Å²) in [4.78, 5) is 10.6. The highest BCUT2D eigenvalue weighted by Gasteiger charge is 2.32. The molecule has 0 amide bonds. The third-order valence-electron chi connectivity index (χ3n) is 6.83. The summed E-state index contributed by atoms with van der Waals surface area (Å²) in [5, 5.41) is 2.02. The number of hydrogen-bond acceptors (Lipinski definition) is 4. The molecule has 0 atom stereocenters. The first-order valence-corrected chi connectivity index (χ1v) is 12.7. The minimum atomic E-state index is -4.56. The van der Waals surface area contributed by atoms with Crippen LogP contribution < -0.4 is 9.64 Å². The summed E-state index contributed by atoms with van der Waals surface area (Å²) in [7, 11) is 3.73. The van der Waals surface area contributed by atoms with Crippen LogP contribution in [0.15, 0.2) is 97.3 Å². The monoisotopic (exact) mass is 538 g/mol. The van der Waals surface area contributed by atoms with E-state index in [2.05, 4.69) is 9.97 Å². The van der Waals surface area contributed by atoms with Gasteiger partial charge in [0.2, 0.25) is 5.88 Å². The van der Waals surface area contributed by atoms with Crippen molar-refractivity contribution >= 4 is 27.5 Å². The van der Waals surface area contributed by atoms with Gasteiger partial charge >= 0.3 is 6.18 Å². The van der Waals surface area contributed by atoms with Crippen LogP contribution >= 0.6 is 0 Å². The molecular weight excluding hydrogens is 513 g/mol. The Bertz CT molecular complexity index is 1870. The van der Waals surface area contributed by atoms with Crippen LogP contribution in [0.25, 0.3) is 38.8 Å². The fourth-order valence-corrected chi connectivity index (χ4v) is 4.88. The number of anilines is 1. The number of halogens is 3. The average molecular weight is 539 g/mol. The molecule has 3 aromatic heterocycles. The number of aryl methyl sites for hydroxylation is 1. The molecule has 3 heterocycles. The number of benzene rings is 3. The summed E-state index contributed by atoms with van der Waals surface area (Å²) in [6.45, 7) is 2.00. The maximum absolute atomic E-state index is 14.0. The first-order valence-electron chi connectivity index (χ1n) is 12.7. The van der Waals surface area contributed by atoms with Gasteiger partial charge in [-0.3, -0.25) is 4.57 Å². The molecule has 0 saturated carbocycles. The van der Waals surface area contributed by atoms with E-state index in [9.17, 15) is 13.2 Å². The quantitative estimate of drug-likeness (QED) is 0.221. The maximum Gasteiger partial charge on any atom is 0.416 e. The van der Waals surface area contributed by atoms with Gasteiger partial charge in [0.05, 0.1) is 16.6 Å². The molecule has 0 saturated heterocycles. The molecule has 0 radical (unpaired) electrons. The van der Waals surface area contributed by atoms with Crippen molar-refractivity contribution < 1.29 is 17.9 Å². The molecule has 0 spiro atoms. The van der Waals surface area contributed by atoms with E-state index >= 15 is 0 Å². The SMILES string of the molecule is Cc1ccnc(-n2c3ccccc3c3ccc(-c4cc(Oc5cc(N(C)C)ccn5)cc(C(F)(F)F)c4)cc32)c1. The third kappa shape index (κ3) is 4.73.